The van der Waals surface area contributed by atoms with Gasteiger partial charge in [-0.3, -0.25) is 9.59 Å². The summed E-state index contributed by atoms with van der Waals surface area (Å²) in [5.74, 6) is 2.08. The van der Waals surface area contributed by atoms with E-state index in [4.69, 9.17) is 18.9 Å². The van der Waals surface area contributed by atoms with Crippen molar-refractivity contribution >= 4 is 11.7 Å². The largest absolute Gasteiger partial charge is 0.493 e. The van der Waals surface area contributed by atoms with Gasteiger partial charge in [-0.15, -0.1) is 0 Å². The van der Waals surface area contributed by atoms with Crippen LogP contribution in [0.15, 0.2) is 6.07 Å². The van der Waals surface area contributed by atoms with Crippen molar-refractivity contribution < 1.29 is 28.5 Å². The highest BCUT2D eigenvalue weighted by Gasteiger charge is 2.40. The Labute approximate surface area is 172 Å². The average molecular weight is 405 g/mol. The van der Waals surface area contributed by atoms with E-state index in [1.807, 2.05) is 6.07 Å². The van der Waals surface area contributed by atoms with Crippen LogP contribution >= 0.6 is 0 Å². The Morgan fingerprint density at radius 1 is 1.03 bits per heavy atom. The summed E-state index contributed by atoms with van der Waals surface area (Å²) in [6.07, 6.45) is 2.90. The molecular weight excluding hydrogens is 374 g/mol. The molecule has 0 saturated heterocycles. The molecule has 4 unspecified atom stereocenters. The summed E-state index contributed by atoms with van der Waals surface area (Å²) in [6, 6.07) is 1.92. The van der Waals surface area contributed by atoms with Gasteiger partial charge in [-0.05, 0) is 49.1 Å². The molecule has 0 heterocycles. The van der Waals surface area contributed by atoms with Gasteiger partial charge in [0.1, 0.15) is 6.10 Å². The number of nitrogens with one attached hydrogen (secondary N) is 1. The quantitative estimate of drug-likeness (QED) is 0.811. The summed E-state index contributed by atoms with van der Waals surface area (Å²) in [5, 5.41) is 3.07. The molecule has 4 atom stereocenters. The molecule has 1 amide bonds. The maximum atomic E-state index is 12.7. The summed E-state index contributed by atoms with van der Waals surface area (Å²) >= 11 is 0. The van der Waals surface area contributed by atoms with E-state index in [1.54, 1.807) is 28.4 Å². The molecule has 2 aliphatic carbocycles. The first-order valence-electron chi connectivity index (χ1n) is 10.1. The van der Waals surface area contributed by atoms with Crippen LogP contribution in [0.3, 0.4) is 0 Å². The zero-order valence-corrected chi connectivity index (χ0v) is 17.9. The smallest absolute Gasteiger partial charge is 0.217 e. The molecule has 1 fully saturated rings. The number of methoxy groups -OCH3 is 4. The van der Waals surface area contributed by atoms with Crippen molar-refractivity contribution in [2.45, 2.75) is 57.1 Å². The molecule has 7 nitrogen and oxygen atoms in total. The highest BCUT2D eigenvalue weighted by Crippen LogP contribution is 2.52. The number of ketones is 1. The van der Waals surface area contributed by atoms with E-state index in [2.05, 4.69) is 5.32 Å². The van der Waals surface area contributed by atoms with Gasteiger partial charge in [-0.25, -0.2) is 0 Å². The minimum atomic E-state index is -0.379. The van der Waals surface area contributed by atoms with Gasteiger partial charge >= 0.3 is 0 Å². The number of hydrogen-bond donors (Lipinski definition) is 1. The number of rotatable bonds is 5. The molecule has 160 valence electrons. The van der Waals surface area contributed by atoms with Gasteiger partial charge in [-0.2, -0.15) is 0 Å². The highest BCUT2D eigenvalue weighted by molar-refractivity contribution is 5.84. The molecule has 1 aromatic carbocycles. The SMILES string of the molecule is COc1cc2c(c(OC)c1OC)C1CCC(OC)C(=O)CC1CC(NC(C)=O)C2. The molecule has 0 bridgehead atoms. The minimum Gasteiger partial charge on any atom is -0.493 e. The molecule has 7 heteroatoms. The molecule has 1 N–H and O–H groups in total. The lowest BCUT2D eigenvalue weighted by Crippen LogP contribution is -2.36. The average Bonchev–Trinajstić information content (AvgIpc) is 2.92. The molecule has 0 spiro atoms. The zero-order valence-electron chi connectivity index (χ0n) is 17.9. The summed E-state index contributed by atoms with van der Waals surface area (Å²) in [7, 11) is 6.41. The van der Waals surface area contributed by atoms with Crippen molar-refractivity contribution in [2.75, 3.05) is 28.4 Å². The number of ether oxygens (including phenoxy) is 4. The van der Waals surface area contributed by atoms with Crippen LogP contribution in [0, 0.1) is 5.92 Å². The normalized spacial score (nSPS) is 26.4. The Balaban J connectivity index is 2.16. The summed E-state index contributed by atoms with van der Waals surface area (Å²) in [4.78, 5) is 24.5. The van der Waals surface area contributed by atoms with Crippen LogP contribution in [0.4, 0.5) is 0 Å². The third-order valence-electron chi connectivity index (χ3n) is 6.20. The molecule has 0 radical (unpaired) electrons. The Morgan fingerprint density at radius 3 is 2.34 bits per heavy atom. The molecule has 2 aliphatic rings. The number of hydrogen-bond acceptors (Lipinski definition) is 6. The van der Waals surface area contributed by atoms with Crippen molar-refractivity contribution in [1.29, 1.82) is 0 Å². The first-order valence-corrected chi connectivity index (χ1v) is 10.1. The van der Waals surface area contributed by atoms with E-state index < -0.39 is 0 Å². The second kappa shape index (κ2) is 9.03. The van der Waals surface area contributed by atoms with E-state index in [1.165, 1.54) is 6.92 Å². The number of Topliss-reactive ketones (excluding diaryl/α,β-unsaturated/α-hetero) is 1. The lowest BCUT2D eigenvalue weighted by Gasteiger charge is -2.27. The van der Waals surface area contributed by atoms with Crippen molar-refractivity contribution in [1.82, 2.24) is 5.32 Å². The van der Waals surface area contributed by atoms with Crippen LogP contribution in [-0.4, -0.2) is 52.3 Å². The topological polar surface area (TPSA) is 83.1 Å². The first kappa shape index (κ1) is 21.4. The van der Waals surface area contributed by atoms with E-state index in [0.29, 0.717) is 36.5 Å². The number of fused-ring (bicyclic) bond motifs is 3. The van der Waals surface area contributed by atoms with Gasteiger partial charge in [-0.1, -0.05) is 0 Å². The van der Waals surface area contributed by atoms with E-state index in [-0.39, 0.29) is 35.7 Å². The molecule has 29 heavy (non-hydrogen) atoms. The number of amides is 1. The van der Waals surface area contributed by atoms with E-state index >= 15 is 0 Å². The number of carbonyl (C=O) groups excluding carboxylic acids is 2. The Morgan fingerprint density at radius 2 is 1.76 bits per heavy atom. The van der Waals surface area contributed by atoms with Crippen LogP contribution in [0.1, 0.15) is 49.7 Å². The van der Waals surface area contributed by atoms with Gasteiger partial charge in [0.05, 0.1) is 21.3 Å². The molecular formula is C22H31NO6. The van der Waals surface area contributed by atoms with Crippen LogP contribution in [0.5, 0.6) is 17.2 Å². The van der Waals surface area contributed by atoms with Gasteiger partial charge in [0.2, 0.25) is 11.7 Å². The number of carbonyl (C=O) groups is 2. The van der Waals surface area contributed by atoms with E-state index in [9.17, 15) is 9.59 Å². The third-order valence-corrected chi connectivity index (χ3v) is 6.20. The van der Waals surface area contributed by atoms with Crippen LogP contribution in [-0.2, 0) is 20.7 Å². The third kappa shape index (κ3) is 4.20. The van der Waals surface area contributed by atoms with Crippen molar-refractivity contribution in [3.05, 3.63) is 17.2 Å². The second-order valence-corrected chi connectivity index (χ2v) is 7.89. The minimum absolute atomic E-state index is 0.0593. The van der Waals surface area contributed by atoms with Crippen LogP contribution in [0.25, 0.3) is 0 Å². The monoisotopic (exact) mass is 405 g/mol. The molecule has 3 rings (SSSR count). The fourth-order valence-corrected chi connectivity index (χ4v) is 5.05. The fraction of sp³-hybridized carbons (Fsp3) is 0.636. The van der Waals surface area contributed by atoms with Gasteiger partial charge in [0.25, 0.3) is 0 Å². The summed E-state index contributed by atoms with van der Waals surface area (Å²) in [6.45, 7) is 1.53. The summed E-state index contributed by atoms with van der Waals surface area (Å²) in [5.41, 5.74) is 2.13. The maximum Gasteiger partial charge on any atom is 0.217 e. The van der Waals surface area contributed by atoms with Crippen molar-refractivity contribution in [3.63, 3.8) is 0 Å². The van der Waals surface area contributed by atoms with Crippen molar-refractivity contribution in [3.8, 4) is 17.2 Å². The second-order valence-electron chi connectivity index (χ2n) is 7.89. The predicted molar refractivity (Wildman–Crippen MR) is 108 cm³/mol. The van der Waals surface area contributed by atoms with Gasteiger partial charge in [0.15, 0.2) is 17.3 Å². The fourth-order valence-electron chi connectivity index (χ4n) is 5.05. The zero-order chi connectivity index (χ0) is 21.1. The molecule has 1 saturated carbocycles. The van der Waals surface area contributed by atoms with Crippen LogP contribution in [0.2, 0.25) is 0 Å². The first-order chi connectivity index (χ1) is 13.9. The van der Waals surface area contributed by atoms with Crippen LogP contribution < -0.4 is 19.5 Å². The molecule has 1 aromatic rings. The van der Waals surface area contributed by atoms with E-state index in [0.717, 1.165) is 24.0 Å². The highest BCUT2D eigenvalue weighted by atomic mass is 16.5. The standard InChI is InChI=1S/C22H31NO6/c1-12(24)23-15-8-13-10-17(25)18(26-2)7-6-16(13)20-14(9-15)11-19(27-3)21(28-4)22(20)29-5/h11,13,15-16,18H,6-10H2,1-5H3,(H,23,24). The molecule has 0 aromatic heterocycles. The lowest BCUT2D eigenvalue weighted by molar-refractivity contribution is -0.129. The maximum absolute atomic E-state index is 12.7. The Bertz CT molecular complexity index is 777. The van der Waals surface area contributed by atoms with Crippen molar-refractivity contribution in [2.24, 2.45) is 5.92 Å². The predicted octanol–water partition coefficient (Wildman–Crippen LogP) is 2.63. The summed E-state index contributed by atoms with van der Waals surface area (Å²) < 4.78 is 22.4. The Hall–Kier alpha value is -2.28. The molecule has 0 aliphatic heterocycles. The lowest BCUT2D eigenvalue weighted by atomic mass is 9.79. The Kier molecular flexibility index (Phi) is 6.67. The van der Waals surface area contributed by atoms with Gasteiger partial charge < -0.3 is 24.3 Å². The number of benzene rings is 1. The van der Waals surface area contributed by atoms with Gasteiger partial charge in [0, 0.05) is 32.1 Å².